The van der Waals surface area contributed by atoms with Gasteiger partial charge in [0.25, 0.3) is 5.69 Å². The van der Waals surface area contributed by atoms with Crippen LogP contribution in [0.25, 0.3) is 0 Å². The number of rotatable bonds is 5. The Bertz CT molecular complexity index is 653. The largest absolute Gasteiger partial charge is 0.306 e. The SMILES string of the molecule is Cc1ccccc1[C@@H](C)NCc1ccc(C)c([N+](=O)[O-])c1. The van der Waals surface area contributed by atoms with Crippen molar-refractivity contribution in [2.75, 3.05) is 0 Å². The van der Waals surface area contributed by atoms with Crippen molar-refractivity contribution in [1.29, 1.82) is 0 Å². The minimum absolute atomic E-state index is 0.179. The molecule has 110 valence electrons. The zero-order valence-corrected chi connectivity index (χ0v) is 12.6. The Balaban J connectivity index is 2.08. The van der Waals surface area contributed by atoms with Gasteiger partial charge in [0.2, 0.25) is 0 Å². The molecule has 2 aromatic rings. The minimum Gasteiger partial charge on any atom is -0.306 e. The Morgan fingerprint density at radius 2 is 1.86 bits per heavy atom. The third kappa shape index (κ3) is 3.67. The van der Waals surface area contributed by atoms with Crippen LogP contribution in [0.4, 0.5) is 5.69 Å². The predicted molar refractivity (Wildman–Crippen MR) is 84.3 cm³/mol. The number of nitro benzene ring substituents is 1. The molecular formula is C17H20N2O2. The van der Waals surface area contributed by atoms with E-state index in [0.717, 1.165) is 5.56 Å². The van der Waals surface area contributed by atoms with E-state index in [9.17, 15) is 10.1 Å². The minimum atomic E-state index is -0.330. The van der Waals surface area contributed by atoms with Gasteiger partial charge in [-0.15, -0.1) is 0 Å². The molecule has 21 heavy (non-hydrogen) atoms. The van der Waals surface area contributed by atoms with E-state index >= 15 is 0 Å². The second-order valence-corrected chi connectivity index (χ2v) is 5.34. The number of nitrogens with one attached hydrogen (secondary N) is 1. The van der Waals surface area contributed by atoms with E-state index in [4.69, 9.17) is 0 Å². The summed E-state index contributed by atoms with van der Waals surface area (Å²) in [5, 5.41) is 14.4. The molecule has 0 heterocycles. The van der Waals surface area contributed by atoms with Crippen molar-refractivity contribution in [2.24, 2.45) is 0 Å². The third-order valence-electron chi connectivity index (χ3n) is 3.74. The second-order valence-electron chi connectivity index (χ2n) is 5.34. The lowest BCUT2D eigenvalue weighted by atomic mass is 10.0. The van der Waals surface area contributed by atoms with Gasteiger partial charge >= 0.3 is 0 Å². The summed E-state index contributed by atoms with van der Waals surface area (Å²) in [4.78, 5) is 10.6. The summed E-state index contributed by atoms with van der Waals surface area (Å²) >= 11 is 0. The van der Waals surface area contributed by atoms with Crippen LogP contribution in [0.1, 0.15) is 35.2 Å². The molecule has 0 amide bonds. The first-order valence-electron chi connectivity index (χ1n) is 7.02. The average molecular weight is 284 g/mol. The van der Waals surface area contributed by atoms with Gasteiger partial charge in [0.05, 0.1) is 4.92 Å². The van der Waals surface area contributed by atoms with Crippen LogP contribution in [0, 0.1) is 24.0 Å². The van der Waals surface area contributed by atoms with E-state index in [1.54, 1.807) is 19.1 Å². The topological polar surface area (TPSA) is 55.2 Å². The molecule has 4 nitrogen and oxygen atoms in total. The molecule has 0 bridgehead atoms. The van der Waals surface area contributed by atoms with E-state index in [1.165, 1.54) is 11.1 Å². The van der Waals surface area contributed by atoms with Crippen molar-refractivity contribution in [1.82, 2.24) is 5.32 Å². The maximum atomic E-state index is 11.0. The fourth-order valence-electron chi connectivity index (χ4n) is 2.42. The number of aryl methyl sites for hydroxylation is 2. The van der Waals surface area contributed by atoms with Gasteiger partial charge in [-0.25, -0.2) is 0 Å². The molecule has 1 atom stereocenters. The molecule has 0 unspecified atom stereocenters. The summed E-state index contributed by atoms with van der Waals surface area (Å²) in [5.74, 6) is 0. The quantitative estimate of drug-likeness (QED) is 0.665. The second kappa shape index (κ2) is 6.50. The fourth-order valence-corrected chi connectivity index (χ4v) is 2.42. The van der Waals surface area contributed by atoms with Crippen LogP contribution in [0.3, 0.4) is 0 Å². The maximum absolute atomic E-state index is 11.0. The first kappa shape index (κ1) is 15.2. The number of benzene rings is 2. The molecule has 2 aromatic carbocycles. The van der Waals surface area contributed by atoms with Gasteiger partial charge < -0.3 is 5.32 Å². The van der Waals surface area contributed by atoms with E-state index in [0.29, 0.717) is 12.1 Å². The smallest absolute Gasteiger partial charge is 0.272 e. The van der Waals surface area contributed by atoms with Gasteiger partial charge in [0.1, 0.15) is 0 Å². The lowest BCUT2D eigenvalue weighted by Gasteiger charge is -2.16. The van der Waals surface area contributed by atoms with Crippen LogP contribution in [0.2, 0.25) is 0 Å². The summed E-state index contributed by atoms with van der Waals surface area (Å²) in [5.41, 5.74) is 4.28. The molecule has 0 aromatic heterocycles. The third-order valence-corrected chi connectivity index (χ3v) is 3.74. The summed E-state index contributed by atoms with van der Waals surface area (Å²) in [7, 11) is 0. The van der Waals surface area contributed by atoms with Crippen molar-refractivity contribution in [3.8, 4) is 0 Å². The lowest BCUT2D eigenvalue weighted by Crippen LogP contribution is -2.19. The summed E-state index contributed by atoms with van der Waals surface area (Å²) < 4.78 is 0. The van der Waals surface area contributed by atoms with Crippen molar-refractivity contribution < 1.29 is 4.92 Å². The monoisotopic (exact) mass is 284 g/mol. The van der Waals surface area contributed by atoms with E-state index in [2.05, 4.69) is 31.3 Å². The molecule has 4 heteroatoms. The Morgan fingerprint density at radius 3 is 2.52 bits per heavy atom. The van der Waals surface area contributed by atoms with Crippen molar-refractivity contribution in [2.45, 2.75) is 33.4 Å². The van der Waals surface area contributed by atoms with E-state index < -0.39 is 0 Å². The van der Waals surface area contributed by atoms with Crippen molar-refractivity contribution in [3.63, 3.8) is 0 Å². The first-order valence-corrected chi connectivity index (χ1v) is 7.02. The van der Waals surface area contributed by atoms with Gasteiger partial charge in [0.15, 0.2) is 0 Å². The molecule has 0 radical (unpaired) electrons. The predicted octanol–water partition coefficient (Wildman–Crippen LogP) is 4.06. The highest BCUT2D eigenvalue weighted by atomic mass is 16.6. The van der Waals surface area contributed by atoms with Crippen LogP contribution in [-0.4, -0.2) is 4.92 Å². The lowest BCUT2D eigenvalue weighted by molar-refractivity contribution is -0.385. The van der Waals surface area contributed by atoms with Crippen LogP contribution in [-0.2, 0) is 6.54 Å². The molecule has 0 aliphatic heterocycles. The van der Waals surface area contributed by atoms with Crippen LogP contribution < -0.4 is 5.32 Å². The van der Waals surface area contributed by atoms with Gasteiger partial charge in [-0.3, -0.25) is 10.1 Å². The molecule has 0 fully saturated rings. The first-order chi connectivity index (χ1) is 9.99. The summed E-state index contributed by atoms with van der Waals surface area (Å²) in [6.45, 7) is 6.55. The van der Waals surface area contributed by atoms with Gasteiger partial charge in [0, 0.05) is 24.2 Å². The molecule has 0 spiro atoms. The molecule has 0 saturated heterocycles. The molecular weight excluding hydrogens is 264 g/mol. The highest BCUT2D eigenvalue weighted by Gasteiger charge is 2.12. The van der Waals surface area contributed by atoms with Crippen molar-refractivity contribution in [3.05, 3.63) is 74.8 Å². The molecule has 0 saturated carbocycles. The maximum Gasteiger partial charge on any atom is 0.272 e. The number of hydrogen-bond donors (Lipinski definition) is 1. The van der Waals surface area contributed by atoms with E-state index in [-0.39, 0.29) is 16.7 Å². The zero-order valence-electron chi connectivity index (χ0n) is 12.6. The van der Waals surface area contributed by atoms with Crippen LogP contribution in [0.15, 0.2) is 42.5 Å². The highest BCUT2D eigenvalue weighted by Crippen LogP contribution is 2.21. The highest BCUT2D eigenvalue weighted by molar-refractivity contribution is 5.42. The standard InChI is InChI=1S/C17H20N2O2/c1-12-6-4-5-7-16(12)14(3)18-11-15-9-8-13(2)17(10-15)19(20)21/h4-10,14,18H,11H2,1-3H3/t14-/m1/s1. The van der Waals surface area contributed by atoms with Gasteiger partial charge in [-0.1, -0.05) is 36.4 Å². The Hall–Kier alpha value is -2.20. The summed E-state index contributed by atoms with van der Waals surface area (Å²) in [6, 6.07) is 13.8. The molecule has 1 N–H and O–H groups in total. The normalized spacial score (nSPS) is 12.1. The Kier molecular flexibility index (Phi) is 4.70. The fraction of sp³-hybridized carbons (Fsp3) is 0.294. The van der Waals surface area contributed by atoms with Crippen molar-refractivity contribution >= 4 is 5.69 Å². The zero-order chi connectivity index (χ0) is 15.4. The van der Waals surface area contributed by atoms with Crippen LogP contribution >= 0.6 is 0 Å². The Morgan fingerprint density at radius 1 is 1.14 bits per heavy atom. The molecule has 0 aliphatic carbocycles. The number of nitrogens with zero attached hydrogens (tertiary/aromatic N) is 1. The van der Waals surface area contributed by atoms with E-state index in [1.807, 2.05) is 18.2 Å². The number of hydrogen-bond acceptors (Lipinski definition) is 3. The van der Waals surface area contributed by atoms with Gasteiger partial charge in [-0.2, -0.15) is 0 Å². The van der Waals surface area contributed by atoms with Gasteiger partial charge in [-0.05, 0) is 37.5 Å². The molecule has 0 aliphatic rings. The summed E-state index contributed by atoms with van der Waals surface area (Å²) in [6.07, 6.45) is 0. The molecule has 2 rings (SSSR count). The Labute approximate surface area is 125 Å². The average Bonchev–Trinajstić information content (AvgIpc) is 2.46. The van der Waals surface area contributed by atoms with Crippen LogP contribution in [0.5, 0.6) is 0 Å². The number of nitro groups is 1.